The van der Waals surface area contributed by atoms with Gasteiger partial charge in [-0.15, -0.1) is 0 Å². The van der Waals surface area contributed by atoms with E-state index in [1.165, 1.54) is 0 Å². The van der Waals surface area contributed by atoms with Crippen LogP contribution in [0.3, 0.4) is 0 Å². The normalized spacial score (nSPS) is 18.8. The lowest BCUT2D eigenvalue weighted by molar-refractivity contribution is 0.0792. The van der Waals surface area contributed by atoms with E-state index in [4.69, 9.17) is 9.57 Å². The number of nitrogens with one attached hydrogen (secondary N) is 1. The number of carbonyl (C=O) groups excluding carboxylic acids is 2. The summed E-state index contributed by atoms with van der Waals surface area (Å²) in [5, 5.41) is 0. The number of hydrogen-bond acceptors (Lipinski definition) is 6. The molecule has 0 unspecified atom stereocenters. The topological polar surface area (TPSA) is 74.4 Å². The number of benzene rings is 2. The van der Waals surface area contributed by atoms with Crippen LogP contribution in [0.4, 0.5) is 21.9 Å². The minimum absolute atomic E-state index is 0.0687. The highest BCUT2D eigenvalue weighted by Crippen LogP contribution is 2.35. The highest BCUT2D eigenvalue weighted by atomic mass is 16.6. The molecule has 2 aromatic rings. The fourth-order valence-electron chi connectivity index (χ4n) is 5.13. The Morgan fingerprint density at radius 3 is 2.55 bits per heavy atom. The van der Waals surface area contributed by atoms with Crippen LogP contribution < -0.4 is 15.3 Å². The zero-order valence-corrected chi connectivity index (χ0v) is 19.0. The van der Waals surface area contributed by atoms with Crippen molar-refractivity contribution in [2.45, 2.75) is 38.3 Å². The van der Waals surface area contributed by atoms with Gasteiger partial charge in [-0.1, -0.05) is 18.2 Å². The van der Waals surface area contributed by atoms with Crippen LogP contribution >= 0.6 is 0 Å². The van der Waals surface area contributed by atoms with E-state index < -0.39 is 0 Å². The van der Waals surface area contributed by atoms with Crippen molar-refractivity contribution < 1.29 is 19.2 Å². The molecule has 0 radical (unpaired) electrons. The summed E-state index contributed by atoms with van der Waals surface area (Å²) < 4.78 is 5.42. The molecule has 1 N–H and O–H groups in total. The van der Waals surface area contributed by atoms with Crippen LogP contribution in [0.2, 0.25) is 0 Å². The number of amides is 2. The van der Waals surface area contributed by atoms with Crippen LogP contribution in [-0.2, 0) is 16.2 Å². The highest BCUT2D eigenvalue weighted by molar-refractivity contribution is 5.96. The van der Waals surface area contributed by atoms with Crippen LogP contribution in [0.25, 0.3) is 0 Å². The largest absolute Gasteiger partial charge is 0.444 e. The second-order valence-electron chi connectivity index (χ2n) is 8.81. The summed E-state index contributed by atoms with van der Waals surface area (Å²) in [5.74, 6) is 0.0687. The number of anilines is 3. The zero-order valence-electron chi connectivity index (χ0n) is 19.0. The van der Waals surface area contributed by atoms with E-state index in [1.807, 2.05) is 52.3 Å². The summed E-state index contributed by atoms with van der Waals surface area (Å²) in [6, 6.07) is 13.8. The Hall–Kier alpha value is -3.26. The first kappa shape index (κ1) is 21.6. The van der Waals surface area contributed by atoms with E-state index in [-0.39, 0.29) is 18.0 Å². The van der Waals surface area contributed by atoms with Crippen molar-refractivity contribution in [3.63, 3.8) is 0 Å². The van der Waals surface area contributed by atoms with Gasteiger partial charge in [0.25, 0.3) is 5.91 Å². The molecule has 33 heavy (non-hydrogen) atoms. The molecule has 0 aromatic heterocycles. The van der Waals surface area contributed by atoms with Crippen molar-refractivity contribution >= 4 is 29.1 Å². The van der Waals surface area contributed by atoms with Gasteiger partial charge in [0.15, 0.2) is 0 Å². The highest BCUT2D eigenvalue weighted by Gasteiger charge is 2.34. The molecule has 0 bridgehead atoms. The maximum atomic E-state index is 12.8. The third-order valence-corrected chi connectivity index (χ3v) is 6.82. The number of ether oxygens (including phenoxy) is 1. The molecule has 3 heterocycles. The molecule has 2 aromatic carbocycles. The maximum absolute atomic E-state index is 12.8. The van der Waals surface area contributed by atoms with Gasteiger partial charge in [0.1, 0.15) is 6.61 Å². The van der Waals surface area contributed by atoms with Crippen molar-refractivity contribution in [1.29, 1.82) is 0 Å². The number of likely N-dealkylation sites (tertiary alicyclic amines) is 1. The standard InChI is InChI=1S/C25H30N4O4/c1-32-26-21-16-18(24(30)28-12-4-5-13-28)8-9-23(21)27-14-10-20(11-15-27)29-22-7-3-2-6-19(22)17-33-25(29)31/h2-3,6-9,16,20,26H,4-5,10-15,17H2,1H3. The van der Waals surface area contributed by atoms with E-state index in [2.05, 4.69) is 10.4 Å². The summed E-state index contributed by atoms with van der Waals surface area (Å²) >= 11 is 0. The van der Waals surface area contributed by atoms with Crippen molar-refractivity contribution in [2.75, 3.05) is 48.6 Å². The first-order valence-electron chi connectivity index (χ1n) is 11.7. The number of para-hydroxylation sites is 1. The minimum atomic E-state index is -0.265. The van der Waals surface area contributed by atoms with E-state index >= 15 is 0 Å². The van der Waals surface area contributed by atoms with Gasteiger partial charge in [0, 0.05) is 43.3 Å². The Morgan fingerprint density at radius 1 is 1.03 bits per heavy atom. The third kappa shape index (κ3) is 4.23. The van der Waals surface area contributed by atoms with Gasteiger partial charge in [-0.05, 0) is 49.9 Å². The molecule has 0 saturated carbocycles. The molecule has 0 atom stereocenters. The quantitative estimate of drug-likeness (QED) is 0.694. The van der Waals surface area contributed by atoms with Crippen molar-refractivity contribution in [3.05, 3.63) is 53.6 Å². The predicted molar refractivity (Wildman–Crippen MR) is 127 cm³/mol. The molecular weight excluding hydrogens is 420 g/mol. The fourth-order valence-corrected chi connectivity index (χ4v) is 5.13. The first-order valence-corrected chi connectivity index (χ1v) is 11.7. The second kappa shape index (κ2) is 9.31. The van der Waals surface area contributed by atoms with Gasteiger partial charge >= 0.3 is 6.09 Å². The Balaban J connectivity index is 1.31. The van der Waals surface area contributed by atoms with Gasteiger partial charge in [0.2, 0.25) is 0 Å². The smallest absolute Gasteiger partial charge is 0.414 e. The van der Waals surface area contributed by atoms with Crippen LogP contribution in [0.1, 0.15) is 41.6 Å². The lowest BCUT2D eigenvalue weighted by atomic mass is 9.99. The van der Waals surface area contributed by atoms with Gasteiger partial charge in [-0.2, -0.15) is 0 Å². The lowest BCUT2D eigenvalue weighted by Crippen LogP contribution is -2.49. The summed E-state index contributed by atoms with van der Waals surface area (Å²) in [6.07, 6.45) is 3.52. The third-order valence-electron chi connectivity index (χ3n) is 6.82. The number of hydrogen-bond donors (Lipinski definition) is 1. The molecule has 174 valence electrons. The van der Waals surface area contributed by atoms with Crippen LogP contribution in [0.15, 0.2) is 42.5 Å². The Morgan fingerprint density at radius 2 is 1.79 bits per heavy atom. The molecule has 2 saturated heterocycles. The van der Waals surface area contributed by atoms with Crippen LogP contribution in [-0.4, -0.2) is 56.2 Å². The first-order chi connectivity index (χ1) is 16.2. The van der Waals surface area contributed by atoms with Crippen molar-refractivity contribution in [1.82, 2.24) is 4.90 Å². The molecule has 5 rings (SSSR count). The molecular formula is C25H30N4O4. The molecule has 8 heteroatoms. The number of cyclic esters (lactones) is 1. The molecule has 3 aliphatic heterocycles. The monoisotopic (exact) mass is 450 g/mol. The number of carbonyl (C=O) groups is 2. The molecule has 0 aliphatic carbocycles. The number of nitrogens with zero attached hydrogens (tertiary/aromatic N) is 3. The summed E-state index contributed by atoms with van der Waals surface area (Å²) in [4.78, 5) is 36.7. The van der Waals surface area contributed by atoms with Crippen LogP contribution in [0, 0.1) is 0 Å². The molecule has 2 amide bonds. The molecule has 3 aliphatic rings. The summed E-state index contributed by atoms with van der Waals surface area (Å²) in [6.45, 7) is 3.55. The predicted octanol–water partition coefficient (Wildman–Crippen LogP) is 4.02. The number of fused-ring (bicyclic) bond motifs is 1. The maximum Gasteiger partial charge on any atom is 0.414 e. The lowest BCUT2D eigenvalue weighted by Gasteiger charge is -2.41. The average Bonchev–Trinajstić information content (AvgIpc) is 3.39. The average molecular weight is 451 g/mol. The van der Waals surface area contributed by atoms with Gasteiger partial charge in [-0.25, -0.2) is 4.79 Å². The van der Waals surface area contributed by atoms with Gasteiger partial charge in [0.05, 0.1) is 24.2 Å². The second-order valence-corrected chi connectivity index (χ2v) is 8.81. The van der Waals surface area contributed by atoms with Gasteiger partial charge < -0.3 is 14.5 Å². The van der Waals surface area contributed by atoms with Crippen molar-refractivity contribution in [3.8, 4) is 0 Å². The molecule has 2 fully saturated rings. The molecule has 0 spiro atoms. The van der Waals surface area contributed by atoms with E-state index in [9.17, 15) is 9.59 Å². The Labute approximate surface area is 194 Å². The Bertz CT molecular complexity index is 1030. The minimum Gasteiger partial charge on any atom is -0.444 e. The van der Waals surface area contributed by atoms with Crippen molar-refractivity contribution in [2.24, 2.45) is 0 Å². The van der Waals surface area contributed by atoms with Crippen LogP contribution in [0.5, 0.6) is 0 Å². The number of rotatable bonds is 5. The zero-order chi connectivity index (χ0) is 22.8. The molecule has 8 nitrogen and oxygen atoms in total. The van der Waals surface area contributed by atoms with Gasteiger partial charge in [-0.3, -0.25) is 20.0 Å². The van der Waals surface area contributed by atoms with E-state index in [1.54, 1.807) is 7.11 Å². The number of piperidine rings is 1. The summed E-state index contributed by atoms with van der Waals surface area (Å²) in [7, 11) is 1.57. The SMILES string of the molecule is CONc1cc(C(=O)N2CCCC2)ccc1N1CCC(N2C(=O)OCc3ccccc32)CC1. The fraction of sp³-hybridized carbons (Fsp3) is 0.440. The summed E-state index contributed by atoms with van der Waals surface area (Å²) in [5.41, 5.74) is 7.41. The van der Waals surface area contributed by atoms with E-state index in [0.29, 0.717) is 12.2 Å². The Kier molecular flexibility index (Phi) is 6.09. The van der Waals surface area contributed by atoms with E-state index in [0.717, 1.165) is 74.5 Å².